The standard InChI is InChI=1S/C19H26N4O5S/c1-12-14(11-21-6-5-20-18(21)25)29-17-15(12)16(24)22(7-9-27-2)19(26)23(17)10-13-4-3-8-28-13/h13H,3-11H2,1-2H3,(H,20,25). The van der Waals surface area contributed by atoms with Crippen molar-refractivity contribution in [3.63, 3.8) is 0 Å². The SMILES string of the molecule is COCCn1c(=O)c2c(C)c(CN3CCNC3=O)sc2n(CC2CCCO2)c1=O. The minimum Gasteiger partial charge on any atom is -0.383 e. The van der Waals surface area contributed by atoms with Crippen LogP contribution in [0.25, 0.3) is 10.2 Å². The summed E-state index contributed by atoms with van der Waals surface area (Å²) in [5, 5.41) is 3.35. The van der Waals surface area contributed by atoms with Gasteiger partial charge in [-0.1, -0.05) is 0 Å². The predicted octanol–water partition coefficient (Wildman–Crippen LogP) is 0.884. The van der Waals surface area contributed by atoms with Crippen LogP contribution in [0, 0.1) is 6.92 Å². The minimum absolute atomic E-state index is 0.0282. The van der Waals surface area contributed by atoms with Crippen molar-refractivity contribution >= 4 is 27.6 Å². The van der Waals surface area contributed by atoms with Gasteiger partial charge in [0.1, 0.15) is 4.83 Å². The first-order valence-corrected chi connectivity index (χ1v) is 10.7. The Balaban J connectivity index is 1.83. The van der Waals surface area contributed by atoms with Gasteiger partial charge in [-0.2, -0.15) is 0 Å². The van der Waals surface area contributed by atoms with Crippen LogP contribution in [0.4, 0.5) is 4.79 Å². The Kier molecular flexibility index (Phi) is 5.75. The summed E-state index contributed by atoms with van der Waals surface area (Å²) in [6, 6.07) is -0.101. The van der Waals surface area contributed by atoms with Crippen LogP contribution in [0.3, 0.4) is 0 Å². The van der Waals surface area contributed by atoms with E-state index >= 15 is 0 Å². The fraction of sp³-hybridized carbons (Fsp3) is 0.632. The third-order valence-electron chi connectivity index (χ3n) is 5.60. The molecule has 2 amide bonds. The van der Waals surface area contributed by atoms with E-state index in [1.165, 1.54) is 15.9 Å². The molecule has 0 aromatic carbocycles. The number of ether oxygens (including phenoxy) is 2. The second kappa shape index (κ2) is 8.29. The summed E-state index contributed by atoms with van der Waals surface area (Å²) < 4.78 is 13.8. The molecule has 1 N–H and O–H groups in total. The van der Waals surface area contributed by atoms with Crippen LogP contribution in [0.5, 0.6) is 0 Å². The molecule has 0 aliphatic carbocycles. The molecule has 2 aromatic rings. The number of fused-ring (bicyclic) bond motifs is 1. The van der Waals surface area contributed by atoms with E-state index in [0.29, 0.717) is 43.0 Å². The van der Waals surface area contributed by atoms with Crippen molar-refractivity contribution in [1.29, 1.82) is 0 Å². The third kappa shape index (κ3) is 3.72. The molecule has 2 fully saturated rings. The van der Waals surface area contributed by atoms with Crippen LogP contribution >= 0.6 is 11.3 Å². The van der Waals surface area contributed by atoms with Gasteiger partial charge in [-0.15, -0.1) is 11.3 Å². The summed E-state index contributed by atoms with van der Waals surface area (Å²) in [6.07, 6.45) is 1.85. The lowest BCUT2D eigenvalue weighted by Gasteiger charge is -2.15. The fourth-order valence-corrected chi connectivity index (χ4v) is 5.27. The van der Waals surface area contributed by atoms with Crippen LogP contribution in [0.1, 0.15) is 23.3 Å². The maximum absolute atomic E-state index is 13.2. The number of thiophene rings is 1. The van der Waals surface area contributed by atoms with Crippen LogP contribution in [0.15, 0.2) is 9.59 Å². The lowest BCUT2D eigenvalue weighted by atomic mass is 10.2. The van der Waals surface area contributed by atoms with Crippen molar-refractivity contribution in [2.75, 3.05) is 33.4 Å². The number of aromatic nitrogens is 2. The summed E-state index contributed by atoms with van der Waals surface area (Å²) in [7, 11) is 1.55. The Morgan fingerprint density at radius 3 is 2.76 bits per heavy atom. The highest BCUT2D eigenvalue weighted by Crippen LogP contribution is 2.30. The largest absolute Gasteiger partial charge is 0.383 e. The smallest absolute Gasteiger partial charge is 0.332 e. The molecule has 2 aliphatic heterocycles. The summed E-state index contributed by atoms with van der Waals surface area (Å²) in [5.74, 6) is 0. The lowest BCUT2D eigenvalue weighted by molar-refractivity contribution is 0.0964. The number of aryl methyl sites for hydroxylation is 1. The molecule has 4 rings (SSSR count). The van der Waals surface area contributed by atoms with E-state index in [-0.39, 0.29) is 36.5 Å². The van der Waals surface area contributed by atoms with Gasteiger partial charge in [0.05, 0.1) is 37.7 Å². The van der Waals surface area contributed by atoms with Crippen molar-refractivity contribution in [2.24, 2.45) is 0 Å². The van der Waals surface area contributed by atoms with Gasteiger partial charge in [-0.05, 0) is 25.3 Å². The van der Waals surface area contributed by atoms with Gasteiger partial charge in [0.25, 0.3) is 5.56 Å². The number of carbonyl (C=O) groups excluding carboxylic acids is 1. The molecule has 0 saturated carbocycles. The van der Waals surface area contributed by atoms with Gasteiger partial charge in [-0.25, -0.2) is 9.59 Å². The number of methoxy groups -OCH3 is 1. The van der Waals surface area contributed by atoms with Crippen molar-refractivity contribution in [1.82, 2.24) is 19.4 Å². The second-order valence-electron chi connectivity index (χ2n) is 7.46. The predicted molar refractivity (Wildman–Crippen MR) is 110 cm³/mol. The number of amides is 2. The normalized spacial score (nSPS) is 19.4. The van der Waals surface area contributed by atoms with Crippen molar-refractivity contribution in [2.45, 2.75) is 45.5 Å². The molecule has 158 valence electrons. The summed E-state index contributed by atoms with van der Waals surface area (Å²) >= 11 is 1.42. The molecule has 0 radical (unpaired) electrons. The molecule has 2 aliphatic rings. The van der Waals surface area contributed by atoms with Gasteiger partial charge >= 0.3 is 11.7 Å². The number of hydrogen-bond donors (Lipinski definition) is 1. The molecule has 0 spiro atoms. The molecule has 1 atom stereocenters. The monoisotopic (exact) mass is 422 g/mol. The highest BCUT2D eigenvalue weighted by Gasteiger charge is 2.26. The fourth-order valence-electron chi connectivity index (χ4n) is 3.96. The summed E-state index contributed by atoms with van der Waals surface area (Å²) in [4.78, 5) is 41.6. The molecule has 2 aromatic heterocycles. The first kappa shape index (κ1) is 20.1. The van der Waals surface area contributed by atoms with Crippen LogP contribution in [-0.2, 0) is 29.1 Å². The van der Waals surface area contributed by atoms with Crippen molar-refractivity contribution < 1.29 is 14.3 Å². The van der Waals surface area contributed by atoms with Crippen LogP contribution in [0.2, 0.25) is 0 Å². The zero-order valence-electron chi connectivity index (χ0n) is 16.7. The van der Waals surface area contributed by atoms with E-state index in [1.54, 1.807) is 16.6 Å². The molecule has 1 unspecified atom stereocenters. The highest BCUT2D eigenvalue weighted by atomic mass is 32.1. The van der Waals surface area contributed by atoms with Gasteiger partial charge in [0, 0.05) is 31.7 Å². The number of hydrogen-bond acceptors (Lipinski definition) is 6. The molecule has 0 bridgehead atoms. The van der Waals surface area contributed by atoms with E-state index in [0.717, 1.165) is 23.3 Å². The second-order valence-corrected chi connectivity index (χ2v) is 8.55. The maximum atomic E-state index is 13.2. The van der Waals surface area contributed by atoms with Crippen molar-refractivity contribution in [3.8, 4) is 0 Å². The van der Waals surface area contributed by atoms with Gasteiger partial charge in [-0.3, -0.25) is 13.9 Å². The molecule has 10 heteroatoms. The topological polar surface area (TPSA) is 94.8 Å². The molecular weight excluding hydrogens is 396 g/mol. The van der Waals surface area contributed by atoms with Gasteiger partial charge < -0.3 is 19.7 Å². The van der Waals surface area contributed by atoms with E-state index in [1.807, 2.05) is 6.92 Å². The van der Waals surface area contributed by atoms with Crippen molar-refractivity contribution in [3.05, 3.63) is 31.3 Å². The number of rotatable bonds is 7. The average molecular weight is 423 g/mol. The van der Waals surface area contributed by atoms with E-state index < -0.39 is 0 Å². The van der Waals surface area contributed by atoms with E-state index in [9.17, 15) is 14.4 Å². The number of nitrogens with zero attached hydrogens (tertiary/aromatic N) is 3. The quantitative estimate of drug-likeness (QED) is 0.715. The van der Waals surface area contributed by atoms with Gasteiger partial charge in [0.15, 0.2) is 0 Å². The zero-order valence-corrected chi connectivity index (χ0v) is 17.5. The minimum atomic E-state index is -0.332. The number of urea groups is 1. The van der Waals surface area contributed by atoms with Gasteiger partial charge in [0.2, 0.25) is 0 Å². The van der Waals surface area contributed by atoms with E-state index in [4.69, 9.17) is 9.47 Å². The molecule has 4 heterocycles. The first-order chi connectivity index (χ1) is 14.0. The molecule has 9 nitrogen and oxygen atoms in total. The number of carbonyl (C=O) groups is 1. The molecule has 2 saturated heterocycles. The molecular formula is C19H26N4O5S. The van der Waals surface area contributed by atoms with Crippen LogP contribution in [-0.4, -0.2) is 59.6 Å². The maximum Gasteiger partial charge on any atom is 0.332 e. The number of nitrogens with one attached hydrogen (secondary N) is 1. The lowest BCUT2D eigenvalue weighted by Crippen LogP contribution is -2.42. The Bertz CT molecular complexity index is 1030. The first-order valence-electron chi connectivity index (χ1n) is 9.90. The third-order valence-corrected chi connectivity index (χ3v) is 6.90. The Hall–Kier alpha value is -2.17. The average Bonchev–Trinajstić information content (AvgIpc) is 3.42. The summed E-state index contributed by atoms with van der Waals surface area (Å²) in [5.41, 5.74) is 0.209. The zero-order chi connectivity index (χ0) is 20.5. The molecule has 29 heavy (non-hydrogen) atoms. The Morgan fingerprint density at radius 1 is 1.28 bits per heavy atom. The Morgan fingerprint density at radius 2 is 2.10 bits per heavy atom. The van der Waals surface area contributed by atoms with Crippen LogP contribution < -0.4 is 16.6 Å². The van der Waals surface area contributed by atoms with E-state index in [2.05, 4.69) is 5.32 Å². The Labute approximate surface area is 171 Å². The highest BCUT2D eigenvalue weighted by molar-refractivity contribution is 7.18. The summed E-state index contributed by atoms with van der Waals surface area (Å²) in [6.45, 7) is 5.19.